The second-order valence-electron chi connectivity index (χ2n) is 3.23. The Balaban J connectivity index is 2.13. The van der Waals surface area contributed by atoms with Crippen molar-refractivity contribution >= 4 is 23.1 Å². The molecule has 0 bridgehead atoms. The minimum absolute atomic E-state index is 0.136. The van der Waals surface area contributed by atoms with Crippen molar-refractivity contribution in [2.24, 2.45) is 5.73 Å². The summed E-state index contributed by atoms with van der Waals surface area (Å²) in [5.41, 5.74) is 7.85. The summed E-state index contributed by atoms with van der Waals surface area (Å²) >= 11 is 7.35. The average molecular weight is 240 g/mol. The summed E-state index contributed by atoms with van der Waals surface area (Å²) in [5, 5.41) is 6.55. The molecule has 0 amide bonds. The third-order valence-electron chi connectivity index (χ3n) is 2.15. The predicted octanol–water partition coefficient (Wildman–Crippen LogP) is 2.43. The monoisotopic (exact) mass is 239 g/mol. The highest BCUT2D eigenvalue weighted by Crippen LogP contribution is 2.21. The molecule has 0 radical (unpaired) electrons. The van der Waals surface area contributed by atoms with Gasteiger partial charge in [-0.25, -0.2) is 0 Å². The molecule has 1 unspecified atom stereocenters. The second kappa shape index (κ2) is 4.70. The van der Waals surface area contributed by atoms with E-state index in [1.807, 2.05) is 29.6 Å². The topological polar surface area (TPSA) is 51.8 Å². The molecule has 0 fully saturated rings. The van der Waals surface area contributed by atoms with E-state index in [4.69, 9.17) is 17.3 Å². The first-order chi connectivity index (χ1) is 7.27. The third-order valence-corrected chi connectivity index (χ3v) is 3.05. The SMILES string of the molecule is NC(Cc1ccccc1Cl)c1csnn1. The van der Waals surface area contributed by atoms with Crippen LogP contribution in [0.3, 0.4) is 0 Å². The van der Waals surface area contributed by atoms with E-state index < -0.39 is 0 Å². The molecule has 1 heterocycles. The molecule has 1 atom stereocenters. The second-order valence-corrected chi connectivity index (χ2v) is 4.25. The lowest BCUT2D eigenvalue weighted by Gasteiger charge is -2.09. The van der Waals surface area contributed by atoms with E-state index in [9.17, 15) is 0 Å². The fourth-order valence-electron chi connectivity index (χ4n) is 1.34. The number of benzene rings is 1. The Morgan fingerprint density at radius 2 is 2.20 bits per heavy atom. The van der Waals surface area contributed by atoms with Crippen molar-refractivity contribution in [3.63, 3.8) is 0 Å². The van der Waals surface area contributed by atoms with Crippen LogP contribution in [0.1, 0.15) is 17.3 Å². The fraction of sp³-hybridized carbons (Fsp3) is 0.200. The van der Waals surface area contributed by atoms with Crippen LogP contribution in [0.15, 0.2) is 29.6 Å². The van der Waals surface area contributed by atoms with Crippen LogP contribution in [0, 0.1) is 0 Å². The number of nitrogens with two attached hydrogens (primary N) is 1. The van der Waals surface area contributed by atoms with Crippen molar-refractivity contribution in [3.8, 4) is 0 Å². The summed E-state index contributed by atoms with van der Waals surface area (Å²) in [6.45, 7) is 0. The molecule has 2 aromatic rings. The zero-order valence-electron chi connectivity index (χ0n) is 7.93. The number of halogens is 1. The number of hydrogen-bond acceptors (Lipinski definition) is 4. The molecule has 1 aromatic carbocycles. The van der Waals surface area contributed by atoms with Gasteiger partial charge in [-0.15, -0.1) is 5.10 Å². The van der Waals surface area contributed by atoms with Crippen LogP contribution in [0.4, 0.5) is 0 Å². The Hall–Kier alpha value is -0.970. The zero-order valence-corrected chi connectivity index (χ0v) is 9.50. The van der Waals surface area contributed by atoms with Gasteiger partial charge in [0.15, 0.2) is 0 Å². The molecule has 0 saturated heterocycles. The fourth-order valence-corrected chi connectivity index (χ4v) is 2.07. The zero-order chi connectivity index (χ0) is 10.7. The summed E-state index contributed by atoms with van der Waals surface area (Å²) in [7, 11) is 0. The van der Waals surface area contributed by atoms with Gasteiger partial charge < -0.3 is 5.73 Å². The van der Waals surface area contributed by atoms with Crippen LogP contribution in [0.25, 0.3) is 0 Å². The number of rotatable bonds is 3. The van der Waals surface area contributed by atoms with Crippen molar-refractivity contribution < 1.29 is 0 Å². The Bertz CT molecular complexity index is 430. The van der Waals surface area contributed by atoms with Gasteiger partial charge in [0.2, 0.25) is 0 Å². The molecular weight excluding hydrogens is 230 g/mol. The van der Waals surface area contributed by atoms with Crippen LogP contribution < -0.4 is 5.73 Å². The molecule has 5 heteroatoms. The van der Waals surface area contributed by atoms with Crippen LogP contribution in [-0.2, 0) is 6.42 Å². The van der Waals surface area contributed by atoms with Crippen LogP contribution in [0.5, 0.6) is 0 Å². The van der Waals surface area contributed by atoms with Gasteiger partial charge in [-0.2, -0.15) is 0 Å². The Morgan fingerprint density at radius 3 is 2.87 bits per heavy atom. The van der Waals surface area contributed by atoms with Crippen molar-refractivity contribution in [3.05, 3.63) is 45.9 Å². The lowest BCUT2D eigenvalue weighted by molar-refractivity contribution is 0.692. The maximum Gasteiger partial charge on any atom is 0.0925 e. The van der Waals surface area contributed by atoms with E-state index in [0.29, 0.717) is 6.42 Å². The highest BCUT2D eigenvalue weighted by Gasteiger charge is 2.11. The molecule has 2 N–H and O–H groups in total. The number of hydrogen-bond donors (Lipinski definition) is 1. The van der Waals surface area contributed by atoms with Crippen LogP contribution in [0.2, 0.25) is 5.02 Å². The molecule has 0 saturated carbocycles. The molecule has 78 valence electrons. The molecular formula is C10H10ClN3S. The first kappa shape index (κ1) is 10.5. The Morgan fingerprint density at radius 1 is 1.40 bits per heavy atom. The van der Waals surface area contributed by atoms with Crippen molar-refractivity contribution in [1.82, 2.24) is 9.59 Å². The van der Waals surface area contributed by atoms with Gasteiger partial charge >= 0.3 is 0 Å². The molecule has 0 aliphatic rings. The minimum Gasteiger partial charge on any atom is -0.322 e. The number of nitrogens with zero attached hydrogens (tertiary/aromatic N) is 2. The Labute approximate surface area is 97.1 Å². The van der Waals surface area contributed by atoms with Gasteiger partial charge in [-0.1, -0.05) is 34.3 Å². The molecule has 1 aromatic heterocycles. The summed E-state index contributed by atoms with van der Waals surface area (Å²) in [6, 6.07) is 7.56. The highest BCUT2D eigenvalue weighted by atomic mass is 35.5. The van der Waals surface area contributed by atoms with E-state index >= 15 is 0 Å². The molecule has 0 spiro atoms. The van der Waals surface area contributed by atoms with Gasteiger partial charge in [0.05, 0.1) is 11.7 Å². The van der Waals surface area contributed by atoms with E-state index in [1.165, 1.54) is 11.5 Å². The van der Waals surface area contributed by atoms with E-state index in [2.05, 4.69) is 9.59 Å². The highest BCUT2D eigenvalue weighted by molar-refractivity contribution is 7.03. The van der Waals surface area contributed by atoms with Gasteiger partial charge in [-0.3, -0.25) is 0 Å². The molecule has 0 aliphatic carbocycles. The predicted molar refractivity (Wildman–Crippen MR) is 62.0 cm³/mol. The molecule has 0 aliphatic heterocycles. The molecule has 15 heavy (non-hydrogen) atoms. The summed E-state index contributed by atoms with van der Waals surface area (Å²) in [4.78, 5) is 0. The maximum atomic E-state index is 6.04. The van der Waals surface area contributed by atoms with E-state index in [1.54, 1.807) is 0 Å². The van der Waals surface area contributed by atoms with Gasteiger partial charge in [-0.05, 0) is 29.6 Å². The Kier molecular flexibility index (Phi) is 3.30. The van der Waals surface area contributed by atoms with Crippen molar-refractivity contribution in [2.45, 2.75) is 12.5 Å². The van der Waals surface area contributed by atoms with Gasteiger partial charge in [0.25, 0.3) is 0 Å². The van der Waals surface area contributed by atoms with Crippen LogP contribution >= 0.6 is 23.1 Å². The van der Waals surface area contributed by atoms with Gasteiger partial charge in [0, 0.05) is 10.4 Å². The average Bonchev–Trinajstić information content (AvgIpc) is 2.74. The minimum atomic E-state index is -0.136. The quantitative estimate of drug-likeness (QED) is 0.895. The maximum absolute atomic E-state index is 6.04. The standard InChI is InChI=1S/C10H10ClN3S/c11-8-4-2-1-3-7(8)5-9(12)10-6-15-14-13-10/h1-4,6,9H,5,12H2. The van der Waals surface area contributed by atoms with Crippen molar-refractivity contribution in [2.75, 3.05) is 0 Å². The third kappa shape index (κ3) is 2.53. The number of aromatic nitrogens is 2. The smallest absolute Gasteiger partial charge is 0.0925 e. The van der Waals surface area contributed by atoms with E-state index in [0.717, 1.165) is 16.3 Å². The van der Waals surface area contributed by atoms with Gasteiger partial charge in [0.1, 0.15) is 0 Å². The molecule has 2 rings (SSSR count). The summed E-state index contributed by atoms with van der Waals surface area (Å²) in [6.07, 6.45) is 0.686. The van der Waals surface area contributed by atoms with E-state index in [-0.39, 0.29) is 6.04 Å². The molecule has 3 nitrogen and oxygen atoms in total. The largest absolute Gasteiger partial charge is 0.322 e. The normalized spacial score (nSPS) is 12.7. The first-order valence-electron chi connectivity index (χ1n) is 4.53. The van der Waals surface area contributed by atoms with Crippen molar-refractivity contribution in [1.29, 1.82) is 0 Å². The van der Waals surface area contributed by atoms with Crippen LogP contribution in [-0.4, -0.2) is 9.59 Å². The lowest BCUT2D eigenvalue weighted by Crippen LogP contribution is -2.14. The first-order valence-corrected chi connectivity index (χ1v) is 5.75. The summed E-state index contributed by atoms with van der Waals surface area (Å²) in [5.74, 6) is 0. The summed E-state index contributed by atoms with van der Waals surface area (Å²) < 4.78 is 3.79. The lowest BCUT2D eigenvalue weighted by atomic mass is 10.1.